The predicted molar refractivity (Wildman–Crippen MR) is 94.9 cm³/mol. The van der Waals surface area contributed by atoms with E-state index >= 15 is 0 Å². The maximum Gasteiger partial charge on any atom is 0.315 e. The minimum atomic E-state index is -0.489. The van der Waals surface area contributed by atoms with Crippen molar-refractivity contribution in [1.82, 2.24) is 20.8 Å². The number of aromatic nitrogens is 2. The average molecular weight is 360 g/mol. The van der Waals surface area contributed by atoms with Crippen LogP contribution in [0.25, 0.3) is 0 Å². The maximum absolute atomic E-state index is 12.1. The number of carbonyl (C=O) groups is 1. The molecule has 2 rings (SSSR count). The standard InChI is InChI=1S/C16H29N5O2.ClH/c1-10(2)11(18-14(22)20-15(3,4)5)12-19-13(21-23-12)16(17)8-6-7-9-16;/h10-11H,6-9,17H2,1-5H3,(H2,18,20,22);1H/t11-;/m0./s1. The molecule has 0 spiro atoms. The van der Waals surface area contributed by atoms with Crippen molar-refractivity contribution in [1.29, 1.82) is 0 Å². The summed E-state index contributed by atoms with van der Waals surface area (Å²) in [5.41, 5.74) is 5.57. The van der Waals surface area contributed by atoms with Crippen molar-refractivity contribution in [3.8, 4) is 0 Å². The maximum atomic E-state index is 12.1. The van der Waals surface area contributed by atoms with Gasteiger partial charge < -0.3 is 20.9 Å². The van der Waals surface area contributed by atoms with Crippen LogP contribution >= 0.6 is 12.4 Å². The Morgan fingerprint density at radius 2 is 1.88 bits per heavy atom. The van der Waals surface area contributed by atoms with E-state index in [1.807, 2.05) is 34.6 Å². The Labute approximate surface area is 149 Å². The molecule has 1 aliphatic carbocycles. The molecule has 138 valence electrons. The molecule has 1 fully saturated rings. The third-order valence-electron chi connectivity index (χ3n) is 4.09. The fourth-order valence-corrected chi connectivity index (χ4v) is 2.82. The Kier molecular flexibility index (Phi) is 6.64. The third kappa shape index (κ3) is 5.08. The van der Waals surface area contributed by atoms with Crippen LogP contribution in [0.15, 0.2) is 4.52 Å². The summed E-state index contributed by atoms with van der Waals surface area (Å²) in [6.45, 7) is 9.79. The summed E-state index contributed by atoms with van der Waals surface area (Å²) in [5.74, 6) is 1.08. The van der Waals surface area contributed by atoms with Crippen LogP contribution in [0.5, 0.6) is 0 Å². The van der Waals surface area contributed by atoms with E-state index in [1.54, 1.807) is 0 Å². The fourth-order valence-electron chi connectivity index (χ4n) is 2.82. The molecule has 1 aromatic heterocycles. The molecule has 0 unspecified atom stereocenters. The van der Waals surface area contributed by atoms with E-state index in [-0.39, 0.29) is 35.9 Å². The number of nitrogens with two attached hydrogens (primary N) is 1. The minimum absolute atomic E-state index is 0. The lowest BCUT2D eigenvalue weighted by Crippen LogP contribution is -2.48. The number of hydrogen-bond acceptors (Lipinski definition) is 5. The van der Waals surface area contributed by atoms with Crippen LogP contribution in [0, 0.1) is 5.92 Å². The molecule has 0 aromatic carbocycles. The van der Waals surface area contributed by atoms with Gasteiger partial charge in [0.1, 0.15) is 6.04 Å². The van der Waals surface area contributed by atoms with E-state index < -0.39 is 5.54 Å². The van der Waals surface area contributed by atoms with E-state index in [1.165, 1.54) is 0 Å². The van der Waals surface area contributed by atoms with Crippen molar-refractivity contribution in [3.63, 3.8) is 0 Å². The van der Waals surface area contributed by atoms with Gasteiger partial charge in [-0.2, -0.15) is 4.98 Å². The summed E-state index contributed by atoms with van der Waals surface area (Å²) in [4.78, 5) is 16.6. The van der Waals surface area contributed by atoms with Gasteiger partial charge in [0, 0.05) is 5.54 Å². The van der Waals surface area contributed by atoms with Crippen LogP contribution in [0.2, 0.25) is 0 Å². The second-order valence-corrected chi connectivity index (χ2v) is 7.89. The molecule has 1 saturated carbocycles. The highest BCUT2D eigenvalue weighted by atomic mass is 35.5. The predicted octanol–water partition coefficient (Wildman–Crippen LogP) is 3.01. The van der Waals surface area contributed by atoms with Crippen LogP contribution in [0.1, 0.15) is 78.1 Å². The first-order chi connectivity index (χ1) is 10.6. The first kappa shape index (κ1) is 20.7. The molecule has 0 saturated heterocycles. The Morgan fingerprint density at radius 3 is 2.38 bits per heavy atom. The first-order valence-electron chi connectivity index (χ1n) is 8.32. The first-order valence-corrected chi connectivity index (χ1v) is 8.32. The lowest BCUT2D eigenvalue weighted by atomic mass is 9.98. The Balaban J connectivity index is 0.00000288. The second-order valence-electron chi connectivity index (χ2n) is 7.89. The monoisotopic (exact) mass is 359 g/mol. The van der Waals surface area contributed by atoms with E-state index in [0.29, 0.717) is 11.7 Å². The number of nitrogens with one attached hydrogen (secondary N) is 2. The summed E-state index contributed by atoms with van der Waals surface area (Å²) < 4.78 is 5.41. The van der Waals surface area contributed by atoms with Crippen LogP contribution in [0.4, 0.5) is 4.79 Å². The van der Waals surface area contributed by atoms with E-state index in [4.69, 9.17) is 10.3 Å². The molecule has 1 atom stereocenters. The van der Waals surface area contributed by atoms with Crippen molar-refractivity contribution in [3.05, 3.63) is 11.7 Å². The van der Waals surface area contributed by atoms with Crippen molar-refractivity contribution in [2.75, 3.05) is 0 Å². The van der Waals surface area contributed by atoms with Gasteiger partial charge in [0.2, 0.25) is 5.89 Å². The van der Waals surface area contributed by atoms with Gasteiger partial charge in [0.15, 0.2) is 5.82 Å². The van der Waals surface area contributed by atoms with Gasteiger partial charge in [0.25, 0.3) is 0 Å². The van der Waals surface area contributed by atoms with Gasteiger partial charge in [-0.1, -0.05) is 31.8 Å². The van der Waals surface area contributed by atoms with Gasteiger partial charge in [-0.05, 0) is 39.5 Å². The number of rotatable bonds is 4. The minimum Gasteiger partial charge on any atom is -0.337 e. The van der Waals surface area contributed by atoms with Crippen molar-refractivity contribution >= 4 is 18.4 Å². The molecule has 0 bridgehead atoms. The number of amides is 2. The zero-order valence-electron chi connectivity index (χ0n) is 15.2. The number of halogens is 1. The van der Waals surface area contributed by atoms with Crippen molar-refractivity contribution < 1.29 is 9.32 Å². The fraction of sp³-hybridized carbons (Fsp3) is 0.812. The molecule has 0 radical (unpaired) electrons. The zero-order valence-corrected chi connectivity index (χ0v) is 16.0. The number of carbonyl (C=O) groups excluding carboxylic acids is 1. The average Bonchev–Trinajstić information content (AvgIpc) is 3.03. The molecule has 1 aromatic rings. The Hall–Kier alpha value is -1.34. The van der Waals surface area contributed by atoms with Crippen molar-refractivity contribution in [2.24, 2.45) is 11.7 Å². The lowest BCUT2D eigenvalue weighted by Gasteiger charge is -2.24. The van der Waals surface area contributed by atoms with E-state index in [0.717, 1.165) is 25.7 Å². The normalized spacial score (nSPS) is 18.1. The Morgan fingerprint density at radius 1 is 1.29 bits per heavy atom. The summed E-state index contributed by atoms with van der Waals surface area (Å²) in [6, 6.07) is -0.595. The second kappa shape index (κ2) is 7.70. The molecule has 2 amide bonds. The zero-order chi connectivity index (χ0) is 17.3. The molecular weight excluding hydrogens is 330 g/mol. The van der Waals surface area contributed by atoms with Gasteiger partial charge in [-0.25, -0.2) is 4.79 Å². The third-order valence-corrected chi connectivity index (χ3v) is 4.09. The van der Waals surface area contributed by atoms with Crippen LogP contribution < -0.4 is 16.4 Å². The molecule has 7 nitrogen and oxygen atoms in total. The molecule has 8 heteroatoms. The number of urea groups is 1. The van der Waals surface area contributed by atoms with Gasteiger partial charge in [-0.3, -0.25) is 0 Å². The molecule has 0 aliphatic heterocycles. The van der Waals surface area contributed by atoms with Crippen molar-refractivity contribution in [2.45, 2.75) is 77.4 Å². The van der Waals surface area contributed by atoms with Gasteiger partial charge >= 0.3 is 6.03 Å². The lowest BCUT2D eigenvalue weighted by molar-refractivity contribution is 0.216. The number of hydrogen-bond donors (Lipinski definition) is 3. The molecule has 1 aliphatic rings. The largest absolute Gasteiger partial charge is 0.337 e. The summed E-state index contributed by atoms with van der Waals surface area (Å²) in [7, 11) is 0. The molecule has 1 heterocycles. The van der Waals surface area contributed by atoms with E-state index in [2.05, 4.69) is 20.8 Å². The SMILES string of the molecule is CC(C)[C@H](NC(=O)NC(C)(C)C)c1nc(C2(N)CCCC2)no1.Cl. The summed E-state index contributed by atoms with van der Waals surface area (Å²) in [6.07, 6.45) is 3.91. The highest BCUT2D eigenvalue weighted by molar-refractivity contribution is 5.85. The quantitative estimate of drug-likeness (QED) is 0.766. The van der Waals surface area contributed by atoms with Gasteiger partial charge in [-0.15, -0.1) is 12.4 Å². The molecule has 24 heavy (non-hydrogen) atoms. The summed E-state index contributed by atoms with van der Waals surface area (Å²) in [5, 5.41) is 9.87. The highest BCUT2D eigenvalue weighted by Gasteiger charge is 2.37. The molecular formula is C16H30ClN5O2. The smallest absolute Gasteiger partial charge is 0.315 e. The van der Waals surface area contributed by atoms with E-state index in [9.17, 15) is 4.79 Å². The molecule has 4 N–H and O–H groups in total. The van der Waals surface area contributed by atoms with Crippen LogP contribution in [-0.4, -0.2) is 21.7 Å². The topological polar surface area (TPSA) is 106 Å². The number of nitrogens with zero attached hydrogens (tertiary/aromatic N) is 2. The van der Waals surface area contributed by atoms with Gasteiger partial charge in [0.05, 0.1) is 5.54 Å². The highest BCUT2D eigenvalue weighted by Crippen LogP contribution is 2.35. The summed E-state index contributed by atoms with van der Waals surface area (Å²) >= 11 is 0. The van der Waals surface area contributed by atoms with Crippen LogP contribution in [-0.2, 0) is 5.54 Å². The Bertz CT molecular complexity index is 547. The van der Waals surface area contributed by atoms with Crippen LogP contribution in [0.3, 0.4) is 0 Å².